The maximum atomic E-state index is 3.47. The number of nitrogens with one attached hydrogen (secondary N) is 1. The van der Waals surface area contributed by atoms with Crippen LogP contribution in [-0.4, -0.2) is 37.6 Å². The molecule has 0 radical (unpaired) electrons. The van der Waals surface area contributed by atoms with Gasteiger partial charge in [-0.2, -0.15) is 0 Å². The third-order valence-corrected chi connectivity index (χ3v) is 4.11. The lowest BCUT2D eigenvalue weighted by atomic mass is 9.80. The molecule has 2 saturated heterocycles. The molecule has 0 spiro atoms. The molecule has 0 aliphatic carbocycles. The topological polar surface area (TPSA) is 15.3 Å². The van der Waals surface area contributed by atoms with Crippen molar-refractivity contribution >= 4 is 0 Å². The Morgan fingerprint density at radius 3 is 2.20 bits per heavy atom. The number of hydrogen-bond donors (Lipinski definition) is 1. The number of likely N-dealkylation sites (tertiary alicyclic amines) is 1. The summed E-state index contributed by atoms with van der Waals surface area (Å²) >= 11 is 0. The van der Waals surface area contributed by atoms with Crippen LogP contribution in [0.5, 0.6) is 0 Å². The van der Waals surface area contributed by atoms with Crippen LogP contribution in [0.1, 0.15) is 45.4 Å². The molecular weight excluding hydrogens is 184 g/mol. The minimum atomic E-state index is 0.593. The molecule has 88 valence electrons. The van der Waals surface area contributed by atoms with Crippen LogP contribution in [0.4, 0.5) is 0 Å². The first-order chi connectivity index (χ1) is 7.29. The first-order valence-electron chi connectivity index (χ1n) is 6.72. The number of nitrogens with zero attached hydrogens (tertiary/aromatic N) is 1. The second-order valence-electron chi connectivity index (χ2n) is 5.75. The van der Waals surface area contributed by atoms with Crippen LogP contribution in [-0.2, 0) is 0 Å². The Balaban J connectivity index is 1.82. The van der Waals surface area contributed by atoms with Crippen LogP contribution in [0.25, 0.3) is 0 Å². The van der Waals surface area contributed by atoms with E-state index in [0.717, 1.165) is 0 Å². The fraction of sp³-hybridized carbons (Fsp3) is 1.00. The highest BCUT2D eigenvalue weighted by Crippen LogP contribution is 2.29. The van der Waals surface area contributed by atoms with Gasteiger partial charge in [0.05, 0.1) is 0 Å². The zero-order valence-corrected chi connectivity index (χ0v) is 10.2. The summed E-state index contributed by atoms with van der Waals surface area (Å²) in [5, 5.41) is 3.47. The van der Waals surface area contributed by atoms with E-state index >= 15 is 0 Å². The Morgan fingerprint density at radius 1 is 1.00 bits per heavy atom. The van der Waals surface area contributed by atoms with Gasteiger partial charge in [-0.05, 0) is 57.3 Å². The molecule has 0 aromatic rings. The zero-order chi connectivity index (χ0) is 10.6. The molecule has 2 aliphatic heterocycles. The van der Waals surface area contributed by atoms with Crippen molar-refractivity contribution in [1.29, 1.82) is 0 Å². The van der Waals surface area contributed by atoms with Crippen LogP contribution in [0, 0.1) is 5.41 Å². The Hall–Kier alpha value is -0.0800. The molecule has 0 atom stereocenters. The lowest BCUT2D eigenvalue weighted by Crippen LogP contribution is -2.43. The lowest BCUT2D eigenvalue weighted by molar-refractivity contribution is 0.131. The molecule has 0 aromatic carbocycles. The van der Waals surface area contributed by atoms with E-state index in [-0.39, 0.29) is 0 Å². The highest BCUT2D eigenvalue weighted by Gasteiger charge is 2.28. The molecule has 2 nitrogen and oxygen atoms in total. The van der Waals surface area contributed by atoms with Crippen molar-refractivity contribution in [2.24, 2.45) is 5.41 Å². The number of hydrogen-bond acceptors (Lipinski definition) is 2. The summed E-state index contributed by atoms with van der Waals surface area (Å²) < 4.78 is 0. The van der Waals surface area contributed by atoms with E-state index in [1.807, 2.05) is 0 Å². The Morgan fingerprint density at radius 2 is 1.60 bits per heavy atom. The van der Waals surface area contributed by atoms with E-state index < -0.39 is 0 Å². The summed E-state index contributed by atoms with van der Waals surface area (Å²) in [4.78, 5) is 2.72. The summed E-state index contributed by atoms with van der Waals surface area (Å²) in [6, 6.07) is 0. The molecule has 0 aromatic heterocycles. The quantitative estimate of drug-likeness (QED) is 0.752. The maximum Gasteiger partial charge on any atom is 0.00363 e. The molecule has 0 unspecified atom stereocenters. The van der Waals surface area contributed by atoms with E-state index in [1.54, 1.807) is 0 Å². The van der Waals surface area contributed by atoms with Crippen LogP contribution in [0.3, 0.4) is 0 Å². The normalized spacial score (nSPS) is 28.6. The first kappa shape index (κ1) is 11.4. The molecule has 2 heterocycles. The van der Waals surface area contributed by atoms with Crippen LogP contribution < -0.4 is 5.32 Å². The predicted octanol–water partition coefficient (Wildman–Crippen LogP) is 2.25. The zero-order valence-electron chi connectivity index (χ0n) is 10.2. The molecule has 2 rings (SSSR count). The Bertz CT molecular complexity index is 177. The SMILES string of the molecule is CC1(CN2CCCCCC2)CCNCC1. The Labute approximate surface area is 94.4 Å². The predicted molar refractivity (Wildman–Crippen MR) is 65.1 cm³/mol. The largest absolute Gasteiger partial charge is 0.317 e. The summed E-state index contributed by atoms with van der Waals surface area (Å²) in [7, 11) is 0. The van der Waals surface area contributed by atoms with E-state index in [1.165, 1.54) is 71.2 Å². The molecule has 0 amide bonds. The molecule has 0 bridgehead atoms. The highest BCUT2D eigenvalue weighted by atomic mass is 15.1. The molecule has 0 saturated carbocycles. The Kier molecular flexibility index (Phi) is 4.04. The lowest BCUT2D eigenvalue weighted by Gasteiger charge is -2.38. The van der Waals surface area contributed by atoms with Crippen LogP contribution >= 0.6 is 0 Å². The van der Waals surface area contributed by atoms with Gasteiger partial charge in [-0.15, -0.1) is 0 Å². The van der Waals surface area contributed by atoms with Crippen molar-refractivity contribution in [3.8, 4) is 0 Å². The van der Waals surface area contributed by atoms with Gasteiger partial charge in [-0.3, -0.25) is 0 Å². The van der Waals surface area contributed by atoms with Gasteiger partial charge >= 0.3 is 0 Å². The van der Waals surface area contributed by atoms with Crippen LogP contribution in [0.2, 0.25) is 0 Å². The van der Waals surface area contributed by atoms with Crippen molar-refractivity contribution in [3.63, 3.8) is 0 Å². The molecule has 2 fully saturated rings. The van der Waals surface area contributed by atoms with Crippen molar-refractivity contribution in [2.75, 3.05) is 32.7 Å². The minimum Gasteiger partial charge on any atom is -0.317 e. The summed E-state index contributed by atoms with van der Waals surface area (Å²) in [6.45, 7) is 8.98. The minimum absolute atomic E-state index is 0.593. The average molecular weight is 210 g/mol. The van der Waals surface area contributed by atoms with E-state index in [9.17, 15) is 0 Å². The van der Waals surface area contributed by atoms with E-state index in [2.05, 4.69) is 17.1 Å². The fourth-order valence-corrected chi connectivity index (χ4v) is 3.02. The molecule has 15 heavy (non-hydrogen) atoms. The van der Waals surface area contributed by atoms with Crippen molar-refractivity contribution in [3.05, 3.63) is 0 Å². The molecular formula is C13H26N2. The molecule has 1 N–H and O–H groups in total. The van der Waals surface area contributed by atoms with Gasteiger partial charge < -0.3 is 10.2 Å². The van der Waals surface area contributed by atoms with Gasteiger partial charge in [-0.25, -0.2) is 0 Å². The standard InChI is InChI=1S/C13H26N2/c1-13(6-8-14-9-7-13)12-15-10-4-2-3-5-11-15/h14H,2-12H2,1H3. The van der Waals surface area contributed by atoms with E-state index in [4.69, 9.17) is 0 Å². The third kappa shape index (κ3) is 3.46. The monoisotopic (exact) mass is 210 g/mol. The second kappa shape index (κ2) is 5.31. The van der Waals surface area contributed by atoms with Crippen molar-refractivity contribution in [2.45, 2.75) is 45.4 Å². The van der Waals surface area contributed by atoms with Gasteiger partial charge in [0.2, 0.25) is 0 Å². The molecule has 2 aliphatic rings. The molecule has 2 heteroatoms. The number of rotatable bonds is 2. The summed E-state index contributed by atoms with van der Waals surface area (Å²) in [5.74, 6) is 0. The van der Waals surface area contributed by atoms with Gasteiger partial charge in [0.25, 0.3) is 0 Å². The summed E-state index contributed by atoms with van der Waals surface area (Å²) in [6.07, 6.45) is 8.49. The van der Waals surface area contributed by atoms with Gasteiger partial charge in [-0.1, -0.05) is 19.8 Å². The van der Waals surface area contributed by atoms with Gasteiger partial charge in [0.15, 0.2) is 0 Å². The smallest absolute Gasteiger partial charge is 0.00363 e. The third-order valence-electron chi connectivity index (χ3n) is 4.11. The first-order valence-corrected chi connectivity index (χ1v) is 6.72. The summed E-state index contributed by atoms with van der Waals surface area (Å²) in [5.41, 5.74) is 0.593. The van der Waals surface area contributed by atoms with Crippen molar-refractivity contribution in [1.82, 2.24) is 10.2 Å². The van der Waals surface area contributed by atoms with Crippen molar-refractivity contribution < 1.29 is 0 Å². The van der Waals surface area contributed by atoms with Crippen LogP contribution in [0.15, 0.2) is 0 Å². The van der Waals surface area contributed by atoms with Gasteiger partial charge in [0, 0.05) is 6.54 Å². The highest BCUT2D eigenvalue weighted by molar-refractivity contribution is 4.84. The van der Waals surface area contributed by atoms with E-state index in [0.29, 0.717) is 5.41 Å². The second-order valence-corrected chi connectivity index (χ2v) is 5.75. The number of piperidine rings is 1. The fourth-order valence-electron chi connectivity index (χ4n) is 3.02. The maximum absolute atomic E-state index is 3.47. The average Bonchev–Trinajstić information content (AvgIpc) is 2.47. The van der Waals surface area contributed by atoms with Gasteiger partial charge in [0.1, 0.15) is 0 Å².